The van der Waals surface area contributed by atoms with Crippen LogP contribution in [0.2, 0.25) is 0 Å². The zero-order chi connectivity index (χ0) is 17.2. The Morgan fingerprint density at radius 2 is 2.04 bits per heavy atom. The Bertz CT molecular complexity index is 1120. The molecule has 122 valence electrons. The molecule has 9 nitrogen and oxygen atoms in total. The summed E-state index contributed by atoms with van der Waals surface area (Å²) in [6.07, 6.45) is 1.45. The molecule has 2 aromatic carbocycles. The van der Waals surface area contributed by atoms with Crippen molar-refractivity contribution in [2.24, 2.45) is 5.10 Å². The minimum absolute atomic E-state index is 0.00126. The topological polar surface area (TPSA) is 122 Å². The Kier molecular flexibility index (Phi) is 3.51. The van der Waals surface area contributed by atoms with Gasteiger partial charge in [0.2, 0.25) is 0 Å². The number of fused-ring (bicyclic) bond motifs is 3. The van der Waals surface area contributed by atoms with E-state index in [1.54, 1.807) is 12.1 Å². The van der Waals surface area contributed by atoms with Crippen molar-refractivity contribution in [1.82, 2.24) is 20.2 Å². The van der Waals surface area contributed by atoms with Crippen LogP contribution in [0, 0.1) is 10.1 Å². The molecule has 2 N–H and O–H groups in total. The van der Waals surface area contributed by atoms with Gasteiger partial charge in [-0.2, -0.15) is 10.1 Å². The van der Waals surface area contributed by atoms with E-state index in [1.165, 1.54) is 18.3 Å². The molecular weight excluding hydrogens is 322 g/mol. The molecule has 0 unspecified atom stereocenters. The maximum atomic E-state index is 10.8. The van der Waals surface area contributed by atoms with Gasteiger partial charge in [-0.25, -0.2) is 5.43 Å². The highest BCUT2D eigenvalue weighted by Gasteiger charge is 2.08. The van der Waals surface area contributed by atoms with Crippen LogP contribution < -0.4 is 5.43 Å². The van der Waals surface area contributed by atoms with Crippen LogP contribution in [0.4, 0.5) is 11.6 Å². The maximum Gasteiger partial charge on any atom is 0.270 e. The summed E-state index contributed by atoms with van der Waals surface area (Å²) in [7, 11) is 0. The average molecular weight is 333 g/mol. The summed E-state index contributed by atoms with van der Waals surface area (Å²) in [6, 6.07) is 13.9. The molecule has 25 heavy (non-hydrogen) atoms. The summed E-state index contributed by atoms with van der Waals surface area (Å²) in [6.45, 7) is 0. The summed E-state index contributed by atoms with van der Waals surface area (Å²) in [4.78, 5) is 17.8. The number of hydrazone groups is 1. The Hall–Kier alpha value is -3.88. The fourth-order valence-electron chi connectivity index (χ4n) is 2.45. The summed E-state index contributed by atoms with van der Waals surface area (Å²) in [5, 5.41) is 23.9. The van der Waals surface area contributed by atoms with Crippen LogP contribution in [-0.4, -0.2) is 31.3 Å². The molecule has 2 aromatic heterocycles. The number of hydrogen-bond donors (Lipinski definition) is 2. The first kappa shape index (κ1) is 14.7. The number of nitrogens with one attached hydrogen (secondary N) is 2. The van der Waals surface area contributed by atoms with E-state index in [0.29, 0.717) is 16.7 Å². The van der Waals surface area contributed by atoms with Gasteiger partial charge in [-0.15, -0.1) is 10.2 Å². The van der Waals surface area contributed by atoms with Crippen LogP contribution in [0.15, 0.2) is 53.6 Å². The molecule has 0 radical (unpaired) electrons. The van der Waals surface area contributed by atoms with Gasteiger partial charge >= 0.3 is 0 Å². The highest BCUT2D eigenvalue weighted by Crippen LogP contribution is 2.21. The minimum atomic E-state index is -0.457. The second-order valence-electron chi connectivity index (χ2n) is 5.23. The SMILES string of the molecule is O=[N+]([O-])c1cccc(/C=N/Nc2nnc3c(n2)[nH]c2ccccc23)c1. The van der Waals surface area contributed by atoms with Gasteiger partial charge in [0.15, 0.2) is 5.65 Å². The van der Waals surface area contributed by atoms with Crippen LogP contribution in [0.3, 0.4) is 0 Å². The lowest BCUT2D eigenvalue weighted by Crippen LogP contribution is -1.99. The van der Waals surface area contributed by atoms with E-state index < -0.39 is 4.92 Å². The maximum absolute atomic E-state index is 10.8. The van der Waals surface area contributed by atoms with Crippen molar-refractivity contribution in [2.75, 3.05) is 5.43 Å². The predicted octanol–water partition coefficient (Wildman–Crippen LogP) is 2.86. The van der Waals surface area contributed by atoms with Gasteiger partial charge in [-0.3, -0.25) is 10.1 Å². The van der Waals surface area contributed by atoms with Crippen LogP contribution >= 0.6 is 0 Å². The van der Waals surface area contributed by atoms with E-state index in [-0.39, 0.29) is 11.6 Å². The molecular formula is C16H11N7O2. The molecule has 0 saturated heterocycles. The van der Waals surface area contributed by atoms with Crippen molar-refractivity contribution in [3.8, 4) is 0 Å². The number of non-ortho nitro benzene ring substituents is 1. The number of nitro benzene ring substituents is 1. The van der Waals surface area contributed by atoms with Crippen LogP contribution in [0.25, 0.3) is 22.1 Å². The largest absolute Gasteiger partial charge is 0.338 e. The number of H-pyrrole nitrogens is 1. The predicted molar refractivity (Wildman–Crippen MR) is 93.5 cm³/mol. The molecule has 0 amide bonds. The molecule has 4 aromatic rings. The number of aromatic amines is 1. The van der Waals surface area contributed by atoms with Crippen molar-refractivity contribution >= 4 is 39.9 Å². The molecule has 0 aliphatic heterocycles. The zero-order valence-corrected chi connectivity index (χ0v) is 12.7. The molecule has 0 aliphatic carbocycles. The van der Waals surface area contributed by atoms with E-state index in [4.69, 9.17) is 0 Å². The van der Waals surface area contributed by atoms with Crippen molar-refractivity contribution in [3.63, 3.8) is 0 Å². The van der Waals surface area contributed by atoms with Crippen LogP contribution in [0.5, 0.6) is 0 Å². The van der Waals surface area contributed by atoms with Gasteiger partial charge in [0, 0.05) is 28.6 Å². The van der Waals surface area contributed by atoms with E-state index in [9.17, 15) is 10.1 Å². The van der Waals surface area contributed by atoms with Crippen molar-refractivity contribution < 1.29 is 4.92 Å². The second-order valence-corrected chi connectivity index (χ2v) is 5.23. The highest BCUT2D eigenvalue weighted by atomic mass is 16.6. The third-order valence-corrected chi connectivity index (χ3v) is 3.58. The number of para-hydroxylation sites is 1. The lowest BCUT2D eigenvalue weighted by atomic mass is 10.2. The molecule has 0 bridgehead atoms. The van der Waals surface area contributed by atoms with Gasteiger partial charge in [-0.05, 0) is 6.07 Å². The molecule has 0 atom stereocenters. The lowest BCUT2D eigenvalue weighted by molar-refractivity contribution is -0.384. The zero-order valence-electron chi connectivity index (χ0n) is 12.7. The van der Waals surface area contributed by atoms with Crippen LogP contribution in [-0.2, 0) is 0 Å². The first-order valence-electron chi connectivity index (χ1n) is 7.35. The van der Waals surface area contributed by atoms with Gasteiger partial charge in [0.1, 0.15) is 5.52 Å². The van der Waals surface area contributed by atoms with Crippen LogP contribution in [0.1, 0.15) is 5.56 Å². The van der Waals surface area contributed by atoms with Gasteiger partial charge in [-0.1, -0.05) is 30.3 Å². The summed E-state index contributed by atoms with van der Waals surface area (Å²) in [5.74, 6) is 0.223. The quantitative estimate of drug-likeness (QED) is 0.336. The molecule has 0 fully saturated rings. The standard InChI is InChI=1S/C16H11N7O2/c24-23(25)11-5-3-4-10(8-11)9-17-21-16-19-15-14(20-22-16)12-6-1-2-7-13(12)18-15/h1-9H,(H2,18,19,21,22)/b17-9+. The fraction of sp³-hybridized carbons (Fsp3) is 0. The highest BCUT2D eigenvalue weighted by molar-refractivity contribution is 6.03. The van der Waals surface area contributed by atoms with Crippen molar-refractivity contribution in [2.45, 2.75) is 0 Å². The second kappa shape index (κ2) is 5.96. The molecule has 9 heteroatoms. The molecule has 0 spiro atoms. The number of aromatic nitrogens is 4. The Labute approximate surface area is 140 Å². The molecule has 0 aliphatic rings. The molecule has 0 saturated carbocycles. The van der Waals surface area contributed by atoms with E-state index in [2.05, 4.69) is 30.7 Å². The molecule has 2 heterocycles. The summed E-state index contributed by atoms with van der Waals surface area (Å²) >= 11 is 0. The fourth-order valence-corrected chi connectivity index (χ4v) is 2.45. The van der Waals surface area contributed by atoms with Crippen molar-refractivity contribution in [1.29, 1.82) is 0 Å². The third kappa shape index (κ3) is 2.85. The van der Waals surface area contributed by atoms with Gasteiger partial charge in [0.25, 0.3) is 11.6 Å². The van der Waals surface area contributed by atoms with E-state index in [0.717, 1.165) is 10.9 Å². The number of anilines is 1. The van der Waals surface area contributed by atoms with Crippen molar-refractivity contribution in [3.05, 3.63) is 64.2 Å². The summed E-state index contributed by atoms with van der Waals surface area (Å²) in [5.41, 5.74) is 5.47. The number of nitro groups is 1. The first-order chi connectivity index (χ1) is 12.2. The average Bonchev–Trinajstić information content (AvgIpc) is 3.00. The third-order valence-electron chi connectivity index (χ3n) is 3.58. The molecule has 4 rings (SSSR count). The summed E-state index contributed by atoms with van der Waals surface area (Å²) < 4.78 is 0. The minimum Gasteiger partial charge on any atom is -0.338 e. The van der Waals surface area contributed by atoms with E-state index >= 15 is 0 Å². The van der Waals surface area contributed by atoms with Gasteiger partial charge in [0.05, 0.1) is 11.1 Å². The number of nitrogens with zero attached hydrogens (tertiary/aromatic N) is 5. The van der Waals surface area contributed by atoms with Gasteiger partial charge < -0.3 is 4.98 Å². The monoisotopic (exact) mass is 333 g/mol. The Morgan fingerprint density at radius 1 is 1.16 bits per heavy atom. The smallest absolute Gasteiger partial charge is 0.270 e. The van der Waals surface area contributed by atoms with E-state index in [1.807, 2.05) is 24.3 Å². The Balaban J connectivity index is 1.57. The number of benzene rings is 2. The lowest BCUT2D eigenvalue weighted by Gasteiger charge is -1.97. The Morgan fingerprint density at radius 3 is 2.92 bits per heavy atom. The number of hydrogen-bond acceptors (Lipinski definition) is 7. The number of rotatable bonds is 4. The normalized spacial score (nSPS) is 11.4. The first-order valence-corrected chi connectivity index (χ1v) is 7.35.